The predicted octanol–water partition coefficient (Wildman–Crippen LogP) is 4.05. The summed E-state index contributed by atoms with van der Waals surface area (Å²) in [6.07, 6.45) is 1.63. The van der Waals surface area contributed by atoms with Crippen LogP contribution in [0.2, 0.25) is 5.02 Å². The number of nitrogens with one attached hydrogen (secondary N) is 1. The Morgan fingerprint density at radius 1 is 1.27 bits per heavy atom. The van der Waals surface area contributed by atoms with E-state index in [4.69, 9.17) is 11.6 Å². The van der Waals surface area contributed by atoms with Gasteiger partial charge < -0.3 is 5.32 Å². The maximum absolute atomic E-state index is 12.4. The van der Waals surface area contributed by atoms with E-state index in [-0.39, 0.29) is 11.5 Å². The third kappa shape index (κ3) is 3.89. The number of anilines is 1. The van der Waals surface area contributed by atoms with E-state index < -0.39 is 10.8 Å². The molecule has 0 radical (unpaired) electrons. The lowest BCUT2D eigenvalue weighted by atomic mass is 10.1. The molecule has 26 heavy (non-hydrogen) atoms. The third-order valence-corrected chi connectivity index (χ3v) is 4.07. The number of nitro groups is 1. The molecule has 0 aliphatic carbocycles. The Morgan fingerprint density at radius 3 is 2.65 bits per heavy atom. The van der Waals surface area contributed by atoms with Gasteiger partial charge in [0.25, 0.3) is 11.6 Å². The van der Waals surface area contributed by atoms with Crippen LogP contribution in [0.5, 0.6) is 0 Å². The van der Waals surface area contributed by atoms with Gasteiger partial charge in [0.05, 0.1) is 11.5 Å². The first-order valence-corrected chi connectivity index (χ1v) is 8.15. The van der Waals surface area contributed by atoms with Crippen LogP contribution in [0.15, 0.2) is 54.7 Å². The second-order valence-electron chi connectivity index (χ2n) is 5.72. The van der Waals surface area contributed by atoms with Gasteiger partial charge in [-0.15, -0.1) is 0 Å². The zero-order valence-electron chi connectivity index (χ0n) is 13.8. The van der Waals surface area contributed by atoms with Gasteiger partial charge in [-0.3, -0.25) is 19.6 Å². The van der Waals surface area contributed by atoms with E-state index in [1.165, 1.54) is 18.2 Å². The van der Waals surface area contributed by atoms with E-state index in [1.807, 2.05) is 30.3 Å². The standard InChI is InChI=1S/C18H15ClN4O3/c1-12-9-14(7-8-16(12)23(25)26)18(24)20-17-15(19)11-22(21-17)10-13-5-3-2-4-6-13/h2-9,11H,10H2,1H3,(H,20,21,24). The Bertz CT molecular complexity index is 970. The molecule has 0 atom stereocenters. The Hall–Kier alpha value is -3.19. The second-order valence-corrected chi connectivity index (χ2v) is 6.13. The molecule has 0 fully saturated rings. The summed E-state index contributed by atoms with van der Waals surface area (Å²) in [5, 5.41) is 18.1. The minimum atomic E-state index is -0.487. The van der Waals surface area contributed by atoms with Crippen molar-refractivity contribution in [2.45, 2.75) is 13.5 Å². The number of hydrogen-bond acceptors (Lipinski definition) is 4. The number of aromatic nitrogens is 2. The monoisotopic (exact) mass is 370 g/mol. The molecule has 132 valence electrons. The number of aryl methyl sites for hydroxylation is 1. The van der Waals surface area contributed by atoms with Gasteiger partial charge in [-0.05, 0) is 24.6 Å². The number of nitro benzene ring substituents is 1. The minimum absolute atomic E-state index is 0.0354. The number of amides is 1. The SMILES string of the molecule is Cc1cc(C(=O)Nc2nn(Cc3ccccc3)cc2Cl)ccc1[N+](=O)[O-]. The molecule has 2 aromatic carbocycles. The highest BCUT2D eigenvalue weighted by Crippen LogP contribution is 2.23. The zero-order valence-corrected chi connectivity index (χ0v) is 14.6. The van der Waals surface area contributed by atoms with Gasteiger partial charge in [0.2, 0.25) is 0 Å². The number of nitrogens with zero attached hydrogens (tertiary/aromatic N) is 3. The number of hydrogen-bond donors (Lipinski definition) is 1. The smallest absolute Gasteiger partial charge is 0.272 e. The molecule has 1 heterocycles. The van der Waals surface area contributed by atoms with Crippen LogP contribution in [0, 0.1) is 17.0 Å². The molecule has 8 heteroatoms. The lowest BCUT2D eigenvalue weighted by Gasteiger charge is -2.05. The minimum Gasteiger partial charge on any atom is -0.304 e. The van der Waals surface area contributed by atoms with Crippen molar-refractivity contribution in [3.63, 3.8) is 0 Å². The average molecular weight is 371 g/mol. The maximum Gasteiger partial charge on any atom is 0.272 e. The van der Waals surface area contributed by atoms with Crippen molar-refractivity contribution in [2.75, 3.05) is 5.32 Å². The fraction of sp³-hybridized carbons (Fsp3) is 0.111. The molecule has 0 saturated carbocycles. The molecule has 0 aliphatic heterocycles. The van der Waals surface area contributed by atoms with Crippen molar-refractivity contribution >= 4 is 29.0 Å². The van der Waals surface area contributed by atoms with Crippen molar-refractivity contribution in [3.05, 3.63) is 86.6 Å². The van der Waals surface area contributed by atoms with Crippen LogP contribution in [0.1, 0.15) is 21.5 Å². The molecule has 0 aliphatic rings. The summed E-state index contributed by atoms with van der Waals surface area (Å²) < 4.78 is 1.63. The topological polar surface area (TPSA) is 90.1 Å². The van der Waals surface area contributed by atoms with Gasteiger partial charge in [0.15, 0.2) is 5.82 Å². The summed E-state index contributed by atoms with van der Waals surface area (Å²) in [7, 11) is 0. The van der Waals surface area contributed by atoms with Gasteiger partial charge >= 0.3 is 0 Å². The van der Waals surface area contributed by atoms with Crippen LogP contribution in [0.25, 0.3) is 0 Å². The summed E-state index contributed by atoms with van der Waals surface area (Å²) in [6.45, 7) is 2.10. The Morgan fingerprint density at radius 2 is 2.00 bits per heavy atom. The molecule has 1 amide bonds. The first-order valence-electron chi connectivity index (χ1n) is 7.77. The maximum atomic E-state index is 12.4. The summed E-state index contributed by atoms with van der Waals surface area (Å²) in [6, 6.07) is 13.9. The van der Waals surface area contributed by atoms with Crippen molar-refractivity contribution in [2.24, 2.45) is 0 Å². The van der Waals surface area contributed by atoms with Gasteiger partial charge in [0, 0.05) is 23.4 Å². The molecule has 0 unspecified atom stereocenters. The quantitative estimate of drug-likeness (QED) is 0.541. The largest absolute Gasteiger partial charge is 0.304 e. The van der Waals surface area contributed by atoms with Crippen LogP contribution >= 0.6 is 11.6 Å². The van der Waals surface area contributed by atoms with E-state index in [9.17, 15) is 14.9 Å². The Kier molecular flexibility index (Phi) is 4.99. The highest BCUT2D eigenvalue weighted by molar-refractivity contribution is 6.33. The van der Waals surface area contributed by atoms with E-state index >= 15 is 0 Å². The number of benzene rings is 2. The van der Waals surface area contributed by atoms with Crippen molar-refractivity contribution in [1.82, 2.24) is 9.78 Å². The van der Waals surface area contributed by atoms with Gasteiger partial charge in [-0.2, -0.15) is 5.10 Å². The highest BCUT2D eigenvalue weighted by Gasteiger charge is 2.16. The van der Waals surface area contributed by atoms with Crippen LogP contribution in [0.4, 0.5) is 11.5 Å². The van der Waals surface area contributed by atoms with E-state index in [1.54, 1.807) is 17.8 Å². The van der Waals surface area contributed by atoms with Crippen LogP contribution in [-0.2, 0) is 6.54 Å². The second kappa shape index (κ2) is 7.37. The number of rotatable bonds is 5. The first kappa shape index (κ1) is 17.6. The van der Waals surface area contributed by atoms with Gasteiger partial charge in [-0.25, -0.2) is 0 Å². The predicted molar refractivity (Wildman–Crippen MR) is 98.6 cm³/mol. The molecule has 1 aromatic heterocycles. The van der Waals surface area contributed by atoms with Crippen LogP contribution < -0.4 is 5.32 Å². The molecule has 3 aromatic rings. The lowest BCUT2D eigenvalue weighted by Crippen LogP contribution is -2.13. The fourth-order valence-corrected chi connectivity index (χ4v) is 2.71. The van der Waals surface area contributed by atoms with Gasteiger partial charge in [-0.1, -0.05) is 41.9 Å². The first-order chi connectivity index (χ1) is 12.4. The van der Waals surface area contributed by atoms with Crippen LogP contribution in [0.3, 0.4) is 0 Å². The van der Waals surface area contributed by atoms with Crippen molar-refractivity contribution in [1.29, 1.82) is 0 Å². The Labute approximate surface area is 154 Å². The molecule has 0 spiro atoms. The summed E-state index contributed by atoms with van der Waals surface area (Å²) >= 11 is 6.15. The molecule has 7 nitrogen and oxygen atoms in total. The number of halogens is 1. The molecule has 1 N–H and O–H groups in total. The van der Waals surface area contributed by atoms with E-state index in [0.29, 0.717) is 22.7 Å². The number of carbonyl (C=O) groups is 1. The highest BCUT2D eigenvalue weighted by atomic mass is 35.5. The fourth-order valence-electron chi connectivity index (χ4n) is 2.51. The summed E-state index contributed by atoms with van der Waals surface area (Å²) in [5.41, 5.74) is 1.72. The summed E-state index contributed by atoms with van der Waals surface area (Å²) in [4.78, 5) is 22.8. The van der Waals surface area contributed by atoms with Gasteiger partial charge in [0.1, 0.15) is 5.02 Å². The van der Waals surface area contributed by atoms with Crippen LogP contribution in [-0.4, -0.2) is 20.6 Å². The Balaban J connectivity index is 1.75. The average Bonchev–Trinajstić information content (AvgIpc) is 2.94. The summed E-state index contributed by atoms with van der Waals surface area (Å²) in [5.74, 6) is -0.196. The van der Waals surface area contributed by atoms with E-state index in [2.05, 4.69) is 10.4 Å². The van der Waals surface area contributed by atoms with E-state index in [0.717, 1.165) is 5.56 Å². The molecular weight excluding hydrogens is 356 g/mol. The number of carbonyl (C=O) groups excluding carboxylic acids is 1. The lowest BCUT2D eigenvalue weighted by molar-refractivity contribution is -0.385. The van der Waals surface area contributed by atoms with Crippen molar-refractivity contribution in [3.8, 4) is 0 Å². The normalized spacial score (nSPS) is 10.5. The zero-order chi connectivity index (χ0) is 18.7. The molecular formula is C18H15ClN4O3. The molecule has 0 bridgehead atoms. The van der Waals surface area contributed by atoms with Crippen molar-refractivity contribution < 1.29 is 9.72 Å². The third-order valence-electron chi connectivity index (χ3n) is 3.79. The molecule has 0 saturated heterocycles. The molecule has 3 rings (SSSR count).